The lowest BCUT2D eigenvalue weighted by molar-refractivity contribution is -0.119. The molecule has 1 fully saturated rings. The second-order valence-electron chi connectivity index (χ2n) is 5.16. The van der Waals surface area contributed by atoms with Gasteiger partial charge in [0, 0.05) is 37.9 Å². The van der Waals surface area contributed by atoms with Crippen LogP contribution in [-0.4, -0.2) is 39.0 Å². The number of rotatable bonds is 3. The van der Waals surface area contributed by atoms with E-state index in [1.165, 1.54) is 0 Å². The van der Waals surface area contributed by atoms with Crippen LogP contribution in [-0.2, 0) is 11.8 Å². The molecule has 3 N–H and O–H groups in total. The summed E-state index contributed by atoms with van der Waals surface area (Å²) in [6.45, 7) is 3.52. The van der Waals surface area contributed by atoms with Crippen LogP contribution < -0.4 is 10.6 Å². The van der Waals surface area contributed by atoms with Gasteiger partial charge in [-0.05, 0) is 12.5 Å². The molecule has 0 unspecified atom stereocenters. The van der Waals surface area contributed by atoms with E-state index in [2.05, 4.69) is 25.9 Å². The van der Waals surface area contributed by atoms with Crippen LogP contribution in [0, 0.1) is 12.8 Å². The monoisotopic (exact) mass is 274 g/mol. The third kappa shape index (κ3) is 2.20. The van der Waals surface area contributed by atoms with E-state index < -0.39 is 0 Å². The lowest BCUT2D eigenvalue weighted by Crippen LogP contribution is -2.28. The van der Waals surface area contributed by atoms with Gasteiger partial charge < -0.3 is 10.6 Å². The van der Waals surface area contributed by atoms with Crippen LogP contribution in [0.15, 0.2) is 18.6 Å². The number of hydrogen-bond acceptors (Lipinski definition) is 4. The topological polar surface area (TPSA) is 87.6 Å². The summed E-state index contributed by atoms with van der Waals surface area (Å²) in [4.78, 5) is 12.4. The largest absolute Gasteiger partial charge is 0.323 e. The Hall–Kier alpha value is -2.15. The van der Waals surface area contributed by atoms with Crippen molar-refractivity contribution < 1.29 is 4.79 Å². The molecule has 20 heavy (non-hydrogen) atoms. The summed E-state index contributed by atoms with van der Waals surface area (Å²) in [5.74, 6) is 0.0908. The number of aromatic amines is 1. The first kappa shape index (κ1) is 12.9. The van der Waals surface area contributed by atoms with Crippen molar-refractivity contribution in [2.75, 3.05) is 18.4 Å². The summed E-state index contributed by atoms with van der Waals surface area (Å²) < 4.78 is 1.85. The maximum Gasteiger partial charge on any atom is 0.229 e. The zero-order valence-electron chi connectivity index (χ0n) is 11.6. The van der Waals surface area contributed by atoms with Crippen molar-refractivity contribution in [2.24, 2.45) is 13.0 Å². The maximum absolute atomic E-state index is 12.4. The molecule has 0 radical (unpaired) electrons. The van der Waals surface area contributed by atoms with Gasteiger partial charge in [0.25, 0.3) is 0 Å². The van der Waals surface area contributed by atoms with E-state index in [0.29, 0.717) is 12.2 Å². The minimum absolute atomic E-state index is 0.0182. The fourth-order valence-corrected chi connectivity index (χ4v) is 2.71. The van der Waals surface area contributed by atoms with Crippen molar-refractivity contribution in [3.8, 4) is 0 Å². The first-order chi connectivity index (χ1) is 9.66. The van der Waals surface area contributed by atoms with Crippen molar-refractivity contribution in [2.45, 2.75) is 12.8 Å². The number of aryl methyl sites for hydroxylation is 1. The van der Waals surface area contributed by atoms with E-state index in [1.807, 2.05) is 24.9 Å². The standard InChI is InChI=1S/C13H18N6O/c1-8-10(7-17-19(8)2)11-5-14-6-12(11)13(20)18-9-3-15-16-4-9/h3-4,7,11-12,14H,5-6H2,1-2H3,(H,15,16)(H,18,20)/t11-,12+/m1/s1. The van der Waals surface area contributed by atoms with E-state index in [9.17, 15) is 4.79 Å². The highest BCUT2D eigenvalue weighted by Gasteiger charge is 2.35. The molecule has 0 aromatic carbocycles. The molecule has 2 aromatic rings. The summed E-state index contributed by atoms with van der Waals surface area (Å²) in [7, 11) is 1.92. The van der Waals surface area contributed by atoms with Gasteiger partial charge in [-0.15, -0.1) is 0 Å². The number of H-pyrrole nitrogens is 1. The molecule has 0 aliphatic carbocycles. The summed E-state index contributed by atoms with van der Waals surface area (Å²) in [6.07, 6.45) is 5.14. The van der Waals surface area contributed by atoms with E-state index >= 15 is 0 Å². The molecule has 0 bridgehead atoms. The summed E-state index contributed by atoms with van der Waals surface area (Å²) in [5.41, 5.74) is 2.95. The highest BCUT2D eigenvalue weighted by Crippen LogP contribution is 2.30. The number of nitrogens with zero attached hydrogens (tertiary/aromatic N) is 3. The molecule has 1 aliphatic heterocycles. The number of hydrogen-bond donors (Lipinski definition) is 3. The second kappa shape index (κ2) is 5.09. The molecule has 0 spiro atoms. The molecule has 7 nitrogen and oxygen atoms in total. The first-order valence-electron chi connectivity index (χ1n) is 6.65. The van der Waals surface area contributed by atoms with E-state index in [-0.39, 0.29) is 17.7 Å². The fraction of sp³-hybridized carbons (Fsp3) is 0.462. The van der Waals surface area contributed by atoms with Gasteiger partial charge in [-0.3, -0.25) is 14.6 Å². The number of carbonyl (C=O) groups excluding carboxylic acids is 1. The Morgan fingerprint density at radius 3 is 2.95 bits per heavy atom. The van der Waals surface area contributed by atoms with Crippen LogP contribution in [0.2, 0.25) is 0 Å². The van der Waals surface area contributed by atoms with E-state index in [1.54, 1.807) is 12.4 Å². The third-order valence-electron chi connectivity index (χ3n) is 3.99. The van der Waals surface area contributed by atoms with Gasteiger partial charge in [0.1, 0.15) is 0 Å². The van der Waals surface area contributed by atoms with Crippen molar-refractivity contribution >= 4 is 11.6 Å². The number of anilines is 1. The first-order valence-corrected chi connectivity index (χ1v) is 6.65. The minimum Gasteiger partial charge on any atom is -0.323 e. The number of nitrogens with one attached hydrogen (secondary N) is 3. The van der Waals surface area contributed by atoms with Gasteiger partial charge in [0.2, 0.25) is 5.91 Å². The predicted molar refractivity (Wildman–Crippen MR) is 74.3 cm³/mol. The normalized spacial score (nSPS) is 22.1. The number of aromatic nitrogens is 4. The van der Waals surface area contributed by atoms with Gasteiger partial charge in [-0.2, -0.15) is 10.2 Å². The molecule has 1 amide bonds. The van der Waals surface area contributed by atoms with Crippen molar-refractivity contribution in [3.05, 3.63) is 29.8 Å². The molecule has 2 atom stereocenters. The van der Waals surface area contributed by atoms with Gasteiger partial charge in [-0.1, -0.05) is 0 Å². The van der Waals surface area contributed by atoms with Crippen LogP contribution >= 0.6 is 0 Å². The van der Waals surface area contributed by atoms with E-state index in [4.69, 9.17) is 0 Å². The molecule has 1 saturated heterocycles. The molecule has 106 valence electrons. The molecule has 7 heteroatoms. The van der Waals surface area contributed by atoms with Crippen LogP contribution in [0.1, 0.15) is 17.2 Å². The maximum atomic E-state index is 12.4. The molecule has 2 aromatic heterocycles. The van der Waals surface area contributed by atoms with Crippen LogP contribution in [0.3, 0.4) is 0 Å². The minimum atomic E-state index is -0.0900. The van der Waals surface area contributed by atoms with Crippen LogP contribution in [0.25, 0.3) is 0 Å². The molecule has 0 saturated carbocycles. The average molecular weight is 274 g/mol. The predicted octanol–water partition coefficient (Wildman–Crippen LogP) is 0.393. The van der Waals surface area contributed by atoms with Crippen molar-refractivity contribution in [1.29, 1.82) is 0 Å². The molecular weight excluding hydrogens is 256 g/mol. The highest BCUT2D eigenvalue weighted by molar-refractivity contribution is 5.93. The van der Waals surface area contributed by atoms with Crippen LogP contribution in [0.5, 0.6) is 0 Å². The third-order valence-corrected chi connectivity index (χ3v) is 3.99. The second-order valence-corrected chi connectivity index (χ2v) is 5.16. The number of amides is 1. The molecule has 1 aliphatic rings. The smallest absolute Gasteiger partial charge is 0.229 e. The van der Waals surface area contributed by atoms with Crippen molar-refractivity contribution in [1.82, 2.24) is 25.3 Å². The van der Waals surface area contributed by atoms with Gasteiger partial charge in [-0.25, -0.2) is 0 Å². The highest BCUT2D eigenvalue weighted by atomic mass is 16.2. The lowest BCUT2D eigenvalue weighted by Gasteiger charge is -2.17. The quantitative estimate of drug-likeness (QED) is 0.755. The molecule has 3 heterocycles. The Labute approximate surface area is 116 Å². The summed E-state index contributed by atoms with van der Waals surface area (Å²) in [6, 6.07) is 0. The fourth-order valence-electron chi connectivity index (χ4n) is 2.71. The Kier molecular flexibility index (Phi) is 3.27. The summed E-state index contributed by atoms with van der Waals surface area (Å²) >= 11 is 0. The average Bonchev–Trinajstić information content (AvgIpc) is 3.13. The Morgan fingerprint density at radius 2 is 2.30 bits per heavy atom. The Morgan fingerprint density at radius 1 is 1.45 bits per heavy atom. The van der Waals surface area contributed by atoms with Gasteiger partial charge >= 0.3 is 0 Å². The zero-order chi connectivity index (χ0) is 14.1. The lowest BCUT2D eigenvalue weighted by atomic mass is 9.88. The summed E-state index contributed by atoms with van der Waals surface area (Å²) in [5, 5.41) is 17.0. The van der Waals surface area contributed by atoms with Crippen LogP contribution in [0.4, 0.5) is 5.69 Å². The van der Waals surface area contributed by atoms with E-state index in [0.717, 1.165) is 17.8 Å². The Bertz CT molecular complexity index is 602. The Balaban J connectivity index is 1.78. The zero-order valence-corrected chi connectivity index (χ0v) is 11.6. The van der Waals surface area contributed by atoms with Gasteiger partial charge in [0.15, 0.2) is 0 Å². The van der Waals surface area contributed by atoms with Gasteiger partial charge in [0.05, 0.1) is 24.0 Å². The molecular formula is C13H18N6O. The molecule has 3 rings (SSSR count). The SMILES string of the molecule is Cc1c([C@H]2CNC[C@@H]2C(=O)Nc2cn[nH]c2)cnn1C. The number of carbonyl (C=O) groups is 1. The van der Waals surface area contributed by atoms with Crippen molar-refractivity contribution in [3.63, 3.8) is 0 Å².